The molecule has 2 atom stereocenters. The number of rotatable bonds is 3. The second kappa shape index (κ2) is 3.35. The topological polar surface area (TPSA) is 53.0 Å². The number of hydrogen-bond acceptors (Lipinski definition) is 3. The van der Waals surface area contributed by atoms with Crippen molar-refractivity contribution in [1.29, 1.82) is 0 Å². The lowest BCUT2D eigenvalue weighted by Gasteiger charge is -2.15. The normalized spacial score (nSPS) is 27.4. The molecule has 2 N–H and O–H groups in total. The molecule has 0 radical (unpaired) electrons. The van der Waals surface area contributed by atoms with Crippen LogP contribution in [0.2, 0.25) is 0 Å². The molecule has 1 heterocycles. The fraction of sp³-hybridized carbons (Fsp3) is 0.455. The Morgan fingerprint density at radius 2 is 2.00 bits per heavy atom. The van der Waals surface area contributed by atoms with Crippen LogP contribution in [0.5, 0.6) is 0 Å². The Morgan fingerprint density at radius 1 is 1.43 bits per heavy atom. The minimum absolute atomic E-state index is 0.0445. The summed E-state index contributed by atoms with van der Waals surface area (Å²) in [7, 11) is 0. The van der Waals surface area contributed by atoms with E-state index in [1.54, 1.807) is 6.92 Å². The van der Waals surface area contributed by atoms with Gasteiger partial charge in [-0.15, -0.1) is 0 Å². The quantitative estimate of drug-likeness (QED) is 0.699. The average molecular weight is 194 g/mol. The summed E-state index contributed by atoms with van der Waals surface area (Å²) in [6.07, 6.45) is -0.498. The third-order valence-corrected chi connectivity index (χ3v) is 2.76. The van der Waals surface area contributed by atoms with Gasteiger partial charge in [0.1, 0.15) is 5.60 Å². The SMILES string of the molecule is CC(O)C1(c2ccc(CO)cc2)CO1. The molecule has 0 aromatic heterocycles. The van der Waals surface area contributed by atoms with Crippen molar-refractivity contribution >= 4 is 0 Å². The van der Waals surface area contributed by atoms with Crippen molar-refractivity contribution in [3.8, 4) is 0 Å². The number of hydrogen-bond donors (Lipinski definition) is 2. The molecule has 3 heteroatoms. The van der Waals surface area contributed by atoms with Crippen molar-refractivity contribution in [1.82, 2.24) is 0 Å². The maximum atomic E-state index is 9.55. The van der Waals surface area contributed by atoms with E-state index in [1.165, 1.54) is 0 Å². The number of epoxide rings is 1. The largest absolute Gasteiger partial charge is 0.392 e. The van der Waals surface area contributed by atoms with E-state index in [9.17, 15) is 5.11 Å². The first-order valence-corrected chi connectivity index (χ1v) is 4.71. The molecule has 1 aliphatic heterocycles. The smallest absolute Gasteiger partial charge is 0.142 e. The van der Waals surface area contributed by atoms with Crippen LogP contribution in [-0.4, -0.2) is 22.9 Å². The third-order valence-electron chi connectivity index (χ3n) is 2.76. The Labute approximate surface area is 83.0 Å². The van der Waals surface area contributed by atoms with Gasteiger partial charge in [0.15, 0.2) is 0 Å². The zero-order valence-electron chi connectivity index (χ0n) is 8.10. The molecule has 0 bridgehead atoms. The maximum absolute atomic E-state index is 9.55. The van der Waals surface area contributed by atoms with Gasteiger partial charge in [0, 0.05) is 0 Å². The third kappa shape index (κ3) is 1.43. The fourth-order valence-corrected chi connectivity index (χ4v) is 1.62. The van der Waals surface area contributed by atoms with Crippen LogP contribution in [-0.2, 0) is 16.9 Å². The molecule has 14 heavy (non-hydrogen) atoms. The zero-order valence-corrected chi connectivity index (χ0v) is 8.10. The lowest BCUT2D eigenvalue weighted by Crippen LogP contribution is -2.24. The molecule has 1 aromatic carbocycles. The second-order valence-electron chi connectivity index (χ2n) is 3.71. The van der Waals surface area contributed by atoms with Gasteiger partial charge in [0.05, 0.1) is 19.3 Å². The fourth-order valence-electron chi connectivity index (χ4n) is 1.62. The average Bonchev–Trinajstić information content (AvgIpc) is 2.99. The van der Waals surface area contributed by atoms with Crippen LogP contribution >= 0.6 is 0 Å². The number of benzene rings is 1. The Kier molecular flexibility index (Phi) is 2.31. The number of ether oxygens (including phenoxy) is 1. The van der Waals surface area contributed by atoms with Gasteiger partial charge in [-0.05, 0) is 18.1 Å². The van der Waals surface area contributed by atoms with Gasteiger partial charge in [-0.1, -0.05) is 24.3 Å². The van der Waals surface area contributed by atoms with Crippen LogP contribution in [0.3, 0.4) is 0 Å². The molecule has 1 saturated heterocycles. The number of aliphatic hydroxyl groups excluding tert-OH is 2. The molecule has 0 aliphatic carbocycles. The van der Waals surface area contributed by atoms with Gasteiger partial charge in [-0.2, -0.15) is 0 Å². The van der Waals surface area contributed by atoms with Crippen LogP contribution in [0.4, 0.5) is 0 Å². The minimum atomic E-state index is -0.498. The molecule has 1 aromatic rings. The van der Waals surface area contributed by atoms with E-state index in [1.807, 2.05) is 24.3 Å². The Balaban J connectivity index is 2.25. The van der Waals surface area contributed by atoms with Crippen molar-refractivity contribution < 1.29 is 14.9 Å². The number of aliphatic hydroxyl groups is 2. The maximum Gasteiger partial charge on any atom is 0.142 e. The van der Waals surface area contributed by atoms with E-state index in [4.69, 9.17) is 9.84 Å². The molecule has 76 valence electrons. The molecule has 0 saturated carbocycles. The summed E-state index contributed by atoms with van der Waals surface area (Å²) in [6.45, 7) is 2.35. The zero-order chi connectivity index (χ0) is 10.2. The van der Waals surface area contributed by atoms with Crippen LogP contribution in [0.15, 0.2) is 24.3 Å². The lowest BCUT2D eigenvalue weighted by molar-refractivity contribution is 0.0886. The standard InChI is InChI=1S/C11H14O3/c1-8(13)11(7-14-11)10-4-2-9(6-12)3-5-10/h2-5,8,12-13H,6-7H2,1H3. The monoisotopic (exact) mass is 194 g/mol. The van der Waals surface area contributed by atoms with Gasteiger partial charge >= 0.3 is 0 Å². The highest BCUT2D eigenvalue weighted by Crippen LogP contribution is 2.41. The first-order valence-electron chi connectivity index (χ1n) is 4.71. The molecule has 2 unspecified atom stereocenters. The molecular weight excluding hydrogens is 180 g/mol. The molecule has 1 fully saturated rings. The van der Waals surface area contributed by atoms with Crippen molar-refractivity contribution in [2.75, 3.05) is 6.61 Å². The highest BCUT2D eigenvalue weighted by Gasteiger charge is 2.50. The predicted octanol–water partition coefficient (Wildman–Crippen LogP) is 0.785. The first-order chi connectivity index (χ1) is 6.69. The summed E-state index contributed by atoms with van der Waals surface area (Å²) < 4.78 is 5.30. The highest BCUT2D eigenvalue weighted by atomic mass is 16.6. The van der Waals surface area contributed by atoms with E-state index in [2.05, 4.69) is 0 Å². The van der Waals surface area contributed by atoms with Crippen molar-refractivity contribution in [3.05, 3.63) is 35.4 Å². The van der Waals surface area contributed by atoms with Crippen LogP contribution < -0.4 is 0 Å². The summed E-state index contributed by atoms with van der Waals surface area (Å²) in [5.41, 5.74) is 1.35. The molecule has 0 spiro atoms. The first kappa shape index (κ1) is 9.65. The summed E-state index contributed by atoms with van der Waals surface area (Å²) >= 11 is 0. The predicted molar refractivity (Wildman–Crippen MR) is 51.7 cm³/mol. The van der Waals surface area contributed by atoms with E-state index < -0.39 is 11.7 Å². The van der Waals surface area contributed by atoms with E-state index >= 15 is 0 Å². The Bertz CT molecular complexity index is 312. The van der Waals surface area contributed by atoms with Gasteiger partial charge in [0.2, 0.25) is 0 Å². The Morgan fingerprint density at radius 3 is 2.36 bits per heavy atom. The summed E-state index contributed by atoms with van der Waals surface area (Å²) in [5, 5.41) is 18.4. The molecule has 2 rings (SSSR count). The van der Waals surface area contributed by atoms with Crippen molar-refractivity contribution in [2.45, 2.75) is 25.2 Å². The molecular formula is C11H14O3. The Hall–Kier alpha value is -0.900. The second-order valence-corrected chi connectivity index (χ2v) is 3.71. The van der Waals surface area contributed by atoms with Crippen LogP contribution in [0.25, 0.3) is 0 Å². The van der Waals surface area contributed by atoms with Gasteiger partial charge < -0.3 is 14.9 Å². The summed E-state index contributed by atoms with van der Waals surface area (Å²) in [4.78, 5) is 0. The van der Waals surface area contributed by atoms with Crippen molar-refractivity contribution in [3.63, 3.8) is 0 Å². The van der Waals surface area contributed by atoms with Crippen molar-refractivity contribution in [2.24, 2.45) is 0 Å². The molecule has 1 aliphatic rings. The highest BCUT2D eigenvalue weighted by molar-refractivity contribution is 5.31. The minimum Gasteiger partial charge on any atom is -0.392 e. The van der Waals surface area contributed by atoms with Gasteiger partial charge in [0.25, 0.3) is 0 Å². The summed E-state index contributed by atoms with van der Waals surface area (Å²) in [6, 6.07) is 7.48. The van der Waals surface area contributed by atoms with E-state index in [-0.39, 0.29) is 6.61 Å². The van der Waals surface area contributed by atoms with E-state index in [0.717, 1.165) is 11.1 Å². The van der Waals surface area contributed by atoms with Crippen LogP contribution in [0, 0.1) is 0 Å². The lowest BCUT2D eigenvalue weighted by atomic mass is 9.94. The van der Waals surface area contributed by atoms with Gasteiger partial charge in [-0.3, -0.25) is 0 Å². The molecule has 3 nitrogen and oxygen atoms in total. The summed E-state index contributed by atoms with van der Waals surface area (Å²) in [5.74, 6) is 0. The molecule has 0 amide bonds. The van der Waals surface area contributed by atoms with E-state index in [0.29, 0.717) is 6.61 Å². The van der Waals surface area contributed by atoms with Gasteiger partial charge in [-0.25, -0.2) is 0 Å². The van der Waals surface area contributed by atoms with Crippen LogP contribution in [0.1, 0.15) is 18.1 Å².